The second-order valence-corrected chi connectivity index (χ2v) is 8.04. The summed E-state index contributed by atoms with van der Waals surface area (Å²) in [6, 6.07) is 25.9. The van der Waals surface area contributed by atoms with Crippen LogP contribution in [0.15, 0.2) is 103 Å². The van der Waals surface area contributed by atoms with E-state index in [0.29, 0.717) is 5.70 Å². The van der Waals surface area contributed by atoms with Crippen molar-refractivity contribution in [3.05, 3.63) is 119 Å². The van der Waals surface area contributed by atoms with Gasteiger partial charge in [0.2, 0.25) is 0 Å². The third kappa shape index (κ3) is 3.80. The Balaban J connectivity index is 2.10. The molecule has 0 saturated carbocycles. The Hall–Kier alpha value is -3.54. The minimum absolute atomic E-state index is 0.164. The van der Waals surface area contributed by atoms with Crippen molar-refractivity contribution in [2.75, 3.05) is 27.4 Å². The van der Waals surface area contributed by atoms with Crippen molar-refractivity contribution in [3.8, 4) is 11.5 Å². The summed E-state index contributed by atoms with van der Waals surface area (Å²) in [5.41, 5.74) is 1.71. The van der Waals surface area contributed by atoms with Crippen LogP contribution in [0.1, 0.15) is 16.7 Å². The van der Waals surface area contributed by atoms with Crippen LogP contribution in [0.3, 0.4) is 0 Å². The Morgan fingerprint density at radius 2 is 1.27 bits per heavy atom. The topological polar surface area (TPSA) is 71.0 Å². The molecule has 3 aromatic rings. The molecule has 4 rings (SSSR count). The van der Waals surface area contributed by atoms with Crippen LogP contribution in [0.2, 0.25) is 0 Å². The number of dihydropyridines is 1. The van der Waals surface area contributed by atoms with Gasteiger partial charge in [0.05, 0.1) is 38.4 Å². The van der Waals surface area contributed by atoms with E-state index in [9.17, 15) is 10.2 Å². The highest BCUT2D eigenvalue weighted by atomic mass is 16.5. The van der Waals surface area contributed by atoms with Crippen molar-refractivity contribution < 1.29 is 19.7 Å². The van der Waals surface area contributed by atoms with E-state index in [2.05, 4.69) is 17.4 Å². The number of methoxy groups -OCH3 is 2. The Morgan fingerprint density at radius 3 is 1.73 bits per heavy atom. The first-order chi connectivity index (χ1) is 16.1. The number of hydrogen-bond acceptors (Lipinski definition) is 5. The van der Waals surface area contributed by atoms with E-state index in [1.807, 2.05) is 85.0 Å². The summed E-state index contributed by atoms with van der Waals surface area (Å²) in [6.45, 7) is -0.379. The van der Waals surface area contributed by atoms with Gasteiger partial charge in [0, 0.05) is 5.70 Å². The van der Waals surface area contributed by atoms with Gasteiger partial charge in [-0.05, 0) is 47.0 Å². The number of hydrogen-bond donors (Lipinski definition) is 3. The minimum Gasteiger partial charge on any atom is -0.497 e. The van der Waals surface area contributed by atoms with Crippen LogP contribution in [-0.2, 0) is 5.41 Å². The zero-order chi connectivity index (χ0) is 23.3. The van der Waals surface area contributed by atoms with Crippen LogP contribution in [0.4, 0.5) is 0 Å². The number of ether oxygens (including phenoxy) is 2. The normalized spacial score (nSPS) is 17.8. The average molecular weight is 444 g/mol. The Labute approximate surface area is 194 Å². The van der Waals surface area contributed by atoms with Crippen LogP contribution in [0, 0.1) is 0 Å². The van der Waals surface area contributed by atoms with E-state index in [-0.39, 0.29) is 13.2 Å². The van der Waals surface area contributed by atoms with E-state index >= 15 is 0 Å². The van der Waals surface area contributed by atoms with Crippen molar-refractivity contribution >= 4 is 0 Å². The number of benzene rings is 3. The predicted molar refractivity (Wildman–Crippen MR) is 130 cm³/mol. The molecular weight excluding hydrogens is 414 g/mol. The molecule has 0 bridgehead atoms. The summed E-state index contributed by atoms with van der Waals surface area (Å²) in [7, 11) is 3.28. The molecule has 170 valence electrons. The number of rotatable bonds is 8. The summed E-state index contributed by atoms with van der Waals surface area (Å²) in [6.07, 6.45) is 5.70. The maximum atomic E-state index is 11.0. The fourth-order valence-electron chi connectivity index (χ4n) is 4.86. The van der Waals surface area contributed by atoms with E-state index < -0.39 is 11.0 Å². The zero-order valence-corrected chi connectivity index (χ0v) is 18.9. The molecule has 33 heavy (non-hydrogen) atoms. The highest BCUT2D eigenvalue weighted by Gasteiger charge is 2.54. The van der Waals surface area contributed by atoms with Gasteiger partial charge >= 0.3 is 0 Å². The number of aliphatic hydroxyl groups is 2. The standard InChI is InChI=1S/C28H29NO4/c1-32-25-14-10-22(11-15-25)28(21-7-4-3-5-8-21,23-12-16-26(33-2)17-13-23)27(20-31)18-6-9-24(19-30)29-27/h3-18,29-31H,19-20H2,1-2H3. The van der Waals surface area contributed by atoms with E-state index in [4.69, 9.17) is 9.47 Å². The molecule has 3 N–H and O–H groups in total. The summed E-state index contributed by atoms with van der Waals surface area (Å²) < 4.78 is 10.8. The number of nitrogens with one attached hydrogen (secondary N) is 1. The molecule has 0 aromatic heterocycles. The lowest BCUT2D eigenvalue weighted by atomic mass is 9.57. The van der Waals surface area contributed by atoms with Gasteiger partial charge in [-0.2, -0.15) is 0 Å². The second-order valence-electron chi connectivity index (χ2n) is 8.04. The smallest absolute Gasteiger partial charge is 0.118 e. The molecule has 0 amide bonds. The van der Waals surface area contributed by atoms with Crippen molar-refractivity contribution in [2.24, 2.45) is 0 Å². The molecule has 5 heteroatoms. The first kappa shape index (κ1) is 22.6. The van der Waals surface area contributed by atoms with Gasteiger partial charge in [-0.25, -0.2) is 0 Å². The molecule has 0 radical (unpaired) electrons. The van der Waals surface area contributed by atoms with Crippen LogP contribution in [-0.4, -0.2) is 43.2 Å². The minimum atomic E-state index is -0.982. The fraction of sp³-hybridized carbons (Fsp3) is 0.214. The molecule has 0 spiro atoms. The van der Waals surface area contributed by atoms with E-state index in [1.54, 1.807) is 14.2 Å². The van der Waals surface area contributed by atoms with Gasteiger partial charge in [-0.15, -0.1) is 0 Å². The maximum Gasteiger partial charge on any atom is 0.118 e. The first-order valence-corrected chi connectivity index (χ1v) is 10.9. The Bertz CT molecular complexity index is 1070. The van der Waals surface area contributed by atoms with Crippen LogP contribution < -0.4 is 14.8 Å². The summed E-state index contributed by atoms with van der Waals surface area (Å²) in [5, 5.41) is 24.4. The second kappa shape index (κ2) is 9.53. The van der Waals surface area contributed by atoms with Crippen LogP contribution in [0.5, 0.6) is 11.5 Å². The lowest BCUT2D eigenvalue weighted by Crippen LogP contribution is -2.63. The highest BCUT2D eigenvalue weighted by Crippen LogP contribution is 2.49. The SMILES string of the molecule is COc1ccc(C(c2ccccc2)(c2ccc(OC)cc2)C2(CO)C=CC=C(CO)N2)cc1. The molecule has 1 aliphatic heterocycles. The molecule has 1 aliphatic rings. The largest absolute Gasteiger partial charge is 0.497 e. The molecule has 1 atom stereocenters. The molecule has 3 aromatic carbocycles. The Morgan fingerprint density at radius 1 is 0.758 bits per heavy atom. The van der Waals surface area contributed by atoms with Gasteiger partial charge in [0.15, 0.2) is 0 Å². The summed E-state index contributed by atoms with van der Waals surface area (Å²) in [4.78, 5) is 0. The lowest BCUT2D eigenvalue weighted by Gasteiger charge is -2.51. The monoisotopic (exact) mass is 443 g/mol. The molecule has 0 fully saturated rings. The predicted octanol–water partition coefficient (Wildman–Crippen LogP) is 3.80. The van der Waals surface area contributed by atoms with Crippen molar-refractivity contribution in [2.45, 2.75) is 11.0 Å². The molecule has 5 nitrogen and oxygen atoms in total. The summed E-state index contributed by atoms with van der Waals surface area (Å²) >= 11 is 0. The molecule has 0 saturated heterocycles. The maximum absolute atomic E-state index is 11.0. The van der Waals surface area contributed by atoms with Gasteiger partial charge in [0.25, 0.3) is 0 Å². The molecular formula is C28H29NO4. The summed E-state index contributed by atoms with van der Waals surface area (Å²) in [5.74, 6) is 1.49. The van der Waals surface area contributed by atoms with Crippen molar-refractivity contribution in [1.82, 2.24) is 5.32 Å². The Kier molecular flexibility index (Phi) is 6.54. The fourth-order valence-corrected chi connectivity index (χ4v) is 4.86. The van der Waals surface area contributed by atoms with E-state index in [1.165, 1.54) is 0 Å². The van der Waals surface area contributed by atoms with E-state index in [0.717, 1.165) is 28.2 Å². The quantitative estimate of drug-likeness (QED) is 0.462. The van der Waals surface area contributed by atoms with Gasteiger partial charge in [-0.3, -0.25) is 0 Å². The van der Waals surface area contributed by atoms with Crippen molar-refractivity contribution in [3.63, 3.8) is 0 Å². The molecule has 0 aliphatic carbocycles. The average Bonchev–Trinajstić information content (AvgIpc) is 2.90. The zero-order valence-electron chi connectivity index (χ0n) is 18.9. The van der Waals surface area contributed by atoms with Crippen LogP contribution in [0.25, 0.3) is 0 Å². The van der Waals surface area contributed by atoms with Gasteiger partial charge < -0.3 is 25.0 Å². The molecule has 1 unspecified atom stereocenters. The van der Waals surface area contributed by atoms with Crippen LogP contribution >= 0.6 is 0 Å². The third-order valence-electron chi connectivity index (χ3n) is 6.40. The first-order valence-electron chi connectivity index (χ1n) is 10.9. The third-order valence-corrected chi connectivity index (χ3v) is 6.40. The van der Waals surface area contributed by atoms with Gasteiger partial charge in [0.1, 0.15) is 11.5 Å². The number of allylic oxidation sites excluding steroid dienone is 2. The highest BCUT2D eigenvalue weighted by molar-refractivity contribution is 5.59. The number of aliphatic hydroxyl groups excluding tert-OH is 2. The van der Waals surface area contributed by atoms with Gasteiger partial charge in [-0.1, -0.05) is 66.7 Å². The lowest BCUT2D eigenvalue weighted by molar-refractivity contribution is 0.155. The van der Waals surface area contributed by atoms with Crippen molar-refractivity contribution in [1.29, 1.82) is 0 Å². The molecule has 1 heterocycles.